The van der Waals surface area contributed by atoms with Crippen LogP contribution in [0.15, 0.2) is 60.8 Å². The number of likely N-dealkylation sites (tertiary alicyclic amines) is 1. The monoisotopic (exact) mass is 405 g/mol. The predicted octanol–water partition coefficient (Wildman–Crippen LogP) is 4.44. The van der Waals surface area contributed by atoms with Crippen molar-refractivity contribution in [1.82, 2.24) is 14.9 Å². The summed E-state index contributed by atoms with van der Waals surface area (Å²) < 4.78 is 13.1. The molecule has 1 aromatic carbocycles. The lowest BCUT2D eigenvalue weighted by atomic mass is 10.1. The molecule has 1 aliphatic rings. The Kier molecular flexibility index (Phi) is 5.99. The summed E-state index contributed by atoms with van der Waals surface area (Å²) in [4.78, 5) is 23.7. The van der Waals surface area contributed by atoms with Gasteiger partial charge in [0.2, 0.25) is 5.91 Å². The van der Waals surface area contributed by atoms with Gasteiger partial charge in [-0.15, -0.1) is 0 Å². The van der Waals surface area contributed by atoms with Crippen molar-refractivity contribution in [2.75, 3.05) is 23.7 Å². The second kappa shape index (κ2) is 9.00. The van der Waals surface area contributed by atoms with E-state index in [0.717, 1.165) is 42.3 Å². The van der Waals surface area contributed by atoms with Crippen molar-refractivity contribution in [1.29, 1.82) is 0 Å². The van der Waals surface area contributed by atoms with Crippen molar-refractivity contribution in [2.45, 2.75) is 25.8 Å². The number of hydrogen-bond donors (Lipinski definition) is 2. The number of aromatic nitrogens is 2. The molecule has 1 amide bonds. The second-order valence-corrected chi connectivity index (χ2v) is 7.45. The smallest absolute Gasteiger partial charge is 0.238 e. The van der Waals surface area contributed by atoms with Crippen LogP contribution in [0.1, 0.15) is 30.3 Å². The minimum Gasteiger partial charge on any atom is -0.340 e. The summed E-state index contributed by atoms with van der Waals surface area (Å²) in [7, 11) is 0. The first kappa shape index (κ1) is 20.0. The quantitative estimate of drug-likeness (QED) is 0.634. The van der Waals surface area contributed by atoms with Crippen LogP contribution in [0, 0.1) is 12.7 Å². The third kappa shape index (κ3) is 4.99. The maximum Gasteiger partial charge on any atom is 0.238 e. The van der Waals surface area contributed by atoms with Crippen molar-refractivity contribution in [3.63, 3.8) is 0 Å². The van der Waals surface area contributed by atoms with E-state index in [4.69, 9.17) is 4.98 Å². The molecule has 0 unspecified atom stereocenters. The summed E-state index contributed by atoms with van der Waals surface area (Å²) >= 11 is 0. The summed E-state index contributed by atoms with van der Waals surface area (Å²) in [6.45, 7) is 3.06. The molecule has 1 saturated heterocycles. The summed E-state index contributed by atoms with van der Waals surface area (Å²) in [5.41, 5.74) is 3.38. The van der Waals surface area contributed by atoms with Crippen LogP contribution < -0.4 is 10.6 Å². The number of hydrogen-bond acceptors (Lipinski definition) is 5. The van der Waals surface area contributed by atoms with Gasteiger partial charge in [-0.1, -0.05) is 6.07 Å². The molecule has 1 fully saturated rings. The molecule has 1 atom stereocenters. The molecular weight excluding hydrogens is 381 g/mol. The van der Waals surface area contributed by atoms with Crippen LogP contribution in [0.25, 0.3) is 0 Å². The van der Waals surface area contributed by atoms with Crippen LogP contribution >= 0.6 is 0 Å². The van der Waals surface area contributed by atoms with Gasteiger partial charge in [-0.3, -0.25) is 14.7 Å². The molecule has 0 saturated carbocycles. The Morgan fingerprint density at radius 2 is 2.00 bits per heavy atom. The number of nitrogens with zero attached hydrogens (tertiary/aromatic N) is 3. The molecule has 4 rings (SSSR count). The number of carbonyl (C=O) groups excluding carboxylic acids is 1. The third-order valence-electron chi connectivity index (χ3n) is 5.09. The topological polar surface area (TPSA) is 70.2 Å². The second-order valence-electron chi connectivity index (χ2n) is 7.45. The van der Waals surface area contributed by atoms with E-state index in [9.17, 15) is 9.18 Å². The number of anilines is 3. The third-order valence-corrected chi connectivity index (χ3v) is 5.09. The molecule has 0 aliphatic carbocycles. The molecule has 0 bridgehead atoms. The molecule has 3 heterocycles. The zero-order valence-electron chi connectivity index (χ0n) is 16.8. The molecule has 30 heavy (non-hydrogen) atoms. The average molecular weight is 405 g/mol. The number of carbonyl (C=O) groups is 1. The highest BCUT2D eigenvalue weighted by Crippen LogP contribution is 2.32. The van der Waals surface area contributed by atoms with Gasteiger partial charge in [-0.2, -0.15) is 0 Å². The van der Waals surface area contributed by atoms with Gasteiger partial charge in [-0.25, -0.2) is 9.37 Å². The number of benzene rings is 1. The van der Waals surface area contributed by atoms with Crippen LogP contribution in [0.4, 0.5) is 21.6 Å². The van der Waals surface area contributed by atoms with Gasteiger partial charge >= 0.3 is 0 Å². The number of aryl methyl sites for hydroxylation is 1. The maximum absolute atomic E-state index is 13.1. The van der Waals surface area contributed by atoms with E-state index < -0.39 is 0 Å². The van der Waals surface area contributed by atoms with E-state index in [1.165, 1.54) is 12.1 Å². The minimum absolute atomic E-state index is 0.0770. The molecular formula is C23H24FN5O. The van der Waals surface area contributed by atoms with Crippen molar-refractivity contribution in [3.8, 4) is 0 Å². The summed E-state index contributed by atoms with van der Waals surface area (Å²) in [5, 5.41) is 6.16. The standard InChI is InChI=1S/C23H24FN5O/c1-16-13-19(27-22-6-2-3-11-25-22)14-20(26-16)21-5-4-12-29(21)15-23(30)28-18-9-7-17(24)8-10-18/h2-3,6-11,13-14,21H,4-5,12,15H2,1H3,(H,28,30)(H,25,26,27)/t21-/m0/s1. The van der Waals surface area contributed by atoms with Gasteiger partial charge in [0.1, 0.15) is 11.6 Å². The van der Waals surface area contributed by atoms with E-state index >= 15 is 0 Å². The first-order chi connectivity index (χ1) is 14.6. The number of nitrogens with one attached hydrogen (secondary N) is 2. The molecule has 6 nitrogen and oxygen atoms in total. The average Bonchev–Trinajstić information content (AvgIpc) is 3.18. The highest BCUT2D eigenvalue weighted by molar-refractivity contribution is 5.92. The molecule has 2 aromatic heterocycles. The summed E-state index contributed by atoms with van der Waals surface area (Å²) in [5.74, 6) is 0.331. The fourth-order valence-electron chi connectivity index (χ4n) is 3.79. The summed E-state index contributed by atoms with van der Waals surface area (Å²) in [6.07, 6.45) is 3.70. The lowest BCUT2D eigenvalue weighted by Crippen LogP contribution is -2.33. The number of halogens is 1. The Morgan fingerprint density at radius 1 is 1.17 bits per heavy atom. The van der Waals surface area contributed by atoms with E-state index in [1.54, 1.807) is 18.3 Å². The van der Waals surface area contributed by atoms with Crippen molar-refractivity contribution < 1.29 is 9.18 Å². The van der Waals surface area contributed by atoms with E-state index in [-0.39, 0.29) is 24.3 Å². The van der Waals surface area contributed by atoms with E-state index in [1.807, 2.05) is 37.3 Å². The first-order valence-corrected chi connectivity index (χ1v) is 10.0. The SMILES string of the molecule is Cc1cc(Nc2ccccn2)cc([C@@H]2CCCN2CC(=O)Nc2ccc(F)cc2)n1. The first-order valence-electron chi connectivity index (χ1n) is 10.0. The highest BCUT2D eigenvalue weighted by atomic mass is 19.1. The molecule has 154 valence electrons. The number of rotatable bonds is 6. The minimum atomic E-state index is -0.326. The predicted molar refractivity (Wildman–Crippen MR) is 115 cm³/mol. The number of pyridine rings is 2. The largest absolute Gasteiger partial charge is 0.340 e. The lowest BCUT2D eigenvalue weighted by molar-refractivity contribution is -0.117. The van der Waals surface area contributed by atoms with Crippen LogP contribution in [0.5, 0.6) is 0 Å². The van der Waals surface area contributed by atoms with Gasteiger partial charge in [0.15, 0.2) is 0 Å². The van der Waals surface area contributed by atoms with Gasteiger partial charge in [0.05, 0.1) is 18.3 Å². The van der Waals surface area contributed by atoms with Crippen molar-refractivity contribution in [2.24, 2.45) is 0 Å². The van der Waals surface area contributed by atoms with Gasteiger partial charge in [-0.05, 0) is 74.8 Å². The van der Waals surface area contributed by atoms with Gasteiger partial charge < -0.3 is 10.6 Å². The molecule has 0 spiro atoms. The van der Waals surface area contributed by atoms with Crippen LogP contribution in [0.3, 0.4) is 0 Å². The van der Waals surface area contributed by atoms with Gasteiger partial charge in [0.25, 0.3) is 0 Å². The Balaban J connectivity index is 1.46. The fraction of sp³-hybridized carbons (Fsp3) is 0.261. The zero-order valence-corrected chi connectivity index (χ0v) is 16.8. The Morgan fingerprint density at radius 3 is 2.77 bits per heavy atom. The maximum atomic E-state index is 13.1. The zero-order chi connectivity index (χ0) is 20.9. The Bertz CT molecular complexity index is 1010. The number of amides is 1. The van der Waals surface area contributed by atoms with E-state index in [0.29, 0.717) is 5.69 Å². The normalized spacial score (nSPS) is 16.4. The molecule has 1 aliphatic heterocycles. The fourth-order valence-corrected chi connectivity index (χ4v) is 3.79. The van der Waals surface area contributed by atoms with Crippen molar-refractivity contribution in [3.05, 3.63) is 78.0 Å². The van der Waals surface area contributed by atoms with Gasteiger partial charge in [0, 0.05) is 23.3 Å². The van der Waals surface area contributed by atoms with Crippen molar-refractivity contribution >= 4 is 23.1 Å². The molecule has 3 aromatic rings. The highest BCUT2D eigenvalue weighted by Gasteiger charge is 2.29. The Hall–Kier alpha value is -3.32. The molecule has 7 heteroatoms. The van der Waals surface area contributed by atoms with E-state index in [2.05, 4.69) is 20.5 Å². The lowest BCUT2D eigenvalue weighted by Gasteiger charge is -2.24. The summed E-state index contributed by atoms with van der Waals surface area (Å²) in [6, 6.07) is 15.6. The molecule has 0 radical (unpaired) electrons. The Labute approximate surface area is 175 Å². The van der Waals surface area contributed by atoms with Crippen LogP contribution in [-0.2, 0) is 4.79 Å². The van der Waals surface area contributed by atoms with Crippen LogP contribution in [0.2, 0.25) is 0 Å². The van der Waals surface area contributed by atoms with Crippen LogP contribution in [-0.4, -0.2) is 33.9 Å². The molecule has 2 N–H and O–H groups in total.